The Bertz CT molecular complexity index is 417. The average molecular weight is 264 g/mol. The molecule has 1 fully saturated rings. The van der Waals surface area contributed by atoms with Crippen LogP contribution >= 0.6 is 0 Å². The van der Waals surface area contributed by atoms with Gasteiger partial charge in [0, 0.05) is 37.0 Å². The second kappa shape index (κ2) is 6.26. The van der Waals surface area contributed by atoms with Gasteiger partial charge >= 0.3 is 0 Å². The van der Waals surface area contributed by atoms with Crippen molar-refractivity contribution >= 4 is 5.69 Å². The van der Waals surface area contributed by atoms with E-state index in [2.05, 4.69) is 11.0 Å². The minimum absolute atomic E-state index is 0.0463. The summed E-state index contributed by atoms with van der Waals surface area (Å²) < 4.78 is 10.7. The van der Waals surface area contributed by atoms with Gasteiger partial charge in [0.15, 0.2) is 0 Å². The van der Waals surface area contributed by atoms with E-state index >= 15 is 0 Å². The van der Waals surface area contributed by atoms with Gasteiger partial charge in [-0.15, -0.1) is 0 Å². The highest BCUT2D eigenvalue weighted by Crippen LogP contribution is 2.38. The predicted molar refractivity (Wildman–Crippen MR) is 77.8 cm³/mol. The van der Waals surface area contributed by atoms with Gasteiger partial charge < -0.3 is 20.1 Å². The van der Waals surface area contributed by atoms with Crippen molar-refractivity contribution in [3.8, 4) is 5.75 Å². The fourth-order valence-corrected chi connectivity index (χ4v) is 2.49. The van der Waals surface area contributed by atoms with Crippen LogP contribution in [0, 0.1) is 0 Å². The molecule has 2 N–H and O–H groups in total. The molecule has 0 bridgehead atoms. The number of methoxy groups -OCH3 is 2. The van der Waals surface area contributed by atoms with Crippen LogP contribution in [0.4, 0.5) is 5.69 Å². The SMILES string of the molecule is COCCN(c1cccc(OC)c1[C@H](C)N)C1CC1. The highest BCUT2D eigenvalue weighted by atomic mass is 16.5. The van der Waals surface area contributed by atoms with Gasteiger partial charge in [0.25, 0.3) is 0 Å². The van der Waals surface area contributed by atoms with Crippen molar-refractivity contribution in [2.75, 3.05) is 32.3 Å². The van der Waals surface area contributed by atoms with Crippen molar-refractivity contribution in [2.45, 2.75) is 31.8 Å². The van der Waals surface area contributed by atoms with Gasteiger partial charge in [-0.2, -0.15) is 0 Å². The Balaban J connectivity index is 2.34. The lowest BCUT2D eigenvalue weighted by Crippen LogP contribution is -2.31. The molecule has 0 aromatic heterocycles. The van der Waals surface area contributed by atoms with E-state index in [1.54, 1.807) is 14.2 Å². The second-order valence-corrected chi connectivity index (χ2v) is 5.10. The Hall–Kier alpha value is -1.26. The summed E-state index contributed by atoms with van der Waals surface area (Å²) in [7, 11) is 3.44. The Morgan fingerprint density at radius 2 is 2.11 bits per heavy atom. The molecular weight excluding hydrogens is 240 g/mol. The lowest BCUT2D eigenvalue weighted by molar-refractivity contribution is 0.205. The summed E-state index contributed by atoms with van der Waals surface area (Å²) in [5.74, 6) is 0.871. The molecule has 1 aliphatic rings. The molecule has 1 saturated carbocycles. The minimum atomic E-state index is -0.0463. The average Bonchev–Trinajstić information content (AvgIpc) is 3.23. The number of rotatable bonds is 7. The molecule has 1 aromatic rings. The highest BCUT2D eigenvalue weighted by molar-refractivity contribution is 5.62. The van der Waals surface area contributed by atoms with Crippen molar-refractivity contribution in [3.05, 3.63) is 23.8 Å². The van der Waals surface area contributed by atoms with E-state index in [0.29, 0.717) is 6.04 Å². The summed E-state index contributed by atoms with van der Waals surface area (Å²) in [5, 5.41) is 0. The van der Waals surface area contributed by atoms with Gasteiger partial charge in [0.05, 0.1) is 13.7 Å². The third-order valence-corrected chi connectivity index (χ3v) is 3.55. The summed E-state index contributed by atoms with van der Waals surface area (Å²) in [4.78, 5) is 2.41. The first-order chi connectivity index (χ1) is 9.19. The van der Waals surface area contributed by atoms with Crippen LogP contribution in [0.3, 0.4) is 0 Å². The number of benzene rings is 1. The van der Waals surface area contributed by atoms with Crippen LogP contribution < -0.4 is 15.4 Å². The number of ether oxygens (including phenoxy) is 2. The van der Waals surface area contributed by atoms with Crippen LogP contribution in [-0.2, 0) is 4.74 Å². The molecule has 0 unspecified atom stereocenters. The Kier molecular flexibility index (Phi) is 4.66. The smallest absolute Gasteiger partial charge is 0.125 e. The topological polar surface area (TPSA) is 47.7 Å². The molecule has 0 heterocycles. The molecule has 4 heteroatoms. The fourth-order valence-electron chi connectivity index (χ4n) is 2.49. The normalized spacial score (nSPS) is 16.2. The molecule has 0 radical (unpaired) electrons. The highest BCUT2D eigenvalue weighted by Gasteiger charge is 2.31. The van der Waals surface area contributed by atoms with E-state index in [9.17, 15) is 0 Å². The molecular formula is C15H24N2O2. The summed E-state index contributed by atoms with van der Waals surface area (Å²) in [6, 6.07) is 6.72. The second-order valence-electron chi connectivity index (χ2n) is 5.10. The quantitative estimate of drug-likeness (QED) is 0.821. The third kappa shape index (κ3) is 3.19. The van der Waals surface area contributed by atoms with Crippen LogP contribution in [0.1, 0.15) is 31.4 Å². The Labute approximate surface area is 115 Å². The van der Waals surface area contributed by atoms with Crippen molar-refractivity contribution in [1.82, 2.24) is 0 Å². The molecule has 0 aliphatic heterocycles. The molecule has 2 rings (SSSR count). The lowest BCUT2D eigenvalue weighted by atomic mass is 10.0. The van der Waals surface area contributed by atoms with Crippen LogP contribution in [-0.4, -0.2) is 33.4 Å². The van der Waals surface area contributed by atoms with Gasteiger partial charge in [-0.05, 0) is 31.9 Å². The fraction of sp³-hybridized carbons (Fsp3) is 0.600. The maximum atomic E-state index is 6.14. The molecule has 1 aromatic carbocycles. The largest absolute Gasteiger partial charge is 0.496 e. The number of hydrogen-bond acceptors (Lipinski definition) is 4. The lowest BCUT2D eigenvalue weighted by Gasteiger charge is -2.29. The maximum Gasteiger partial charge on any atom is 0.125 e. The Morgan fingerprint density at radius 1 is 1.37 bits per heavy atom. The molecule has 19 heavy (non-hydrogen) atoms. The summed E-state index contributed by atoms with van der Waals surface area (Å²) in [5.41, 5.74) is 8.42. The molecule has 0 amide bonds. The van der Waals surface area contributed by atoms with Gasteiger partial charge in [-0.25, -0.2) is 0 Å². The third-order valence-electron chi connectivity index (χ3n) is 3.55. The number of hydrogen-bond donors (Lipinski definition) is 1. The van der Waals surface area contributed by atoms with Crippen molar-refractivity contribution < 1.29 is 9.47 Å². The minimum Gasteiger partial charge on any atom is -0.496 e. The van der Waals surface area contributed by atoms with Gasteiger partial charge in [0.2, 0.25) is 0 Å². The Morgan fingerprint density at radius 3 is 2.63 bits per heavy atom. The van der Waals surface area contributed by atoms with Gasteiger partial charge in [-0.1, -0.05) is 6.07 Å². The summed E-state index contributed by atoms with van der Waals surface area (Å²) in [6.07, 6.45) is 2.50. The molecule has 106 valence electrons. The molecule has 4 nitrogen and oxygen atoms in total. The zero-order valence-electron chi connectivity index (χ0n) is 12.1. The van der Waals surface area contributed by atoms with Gasteiger partial charge in [0.1, 0.15) is 5.75 Å². The monoisotopic (exact) mass is 264 g/mol. The predicted octanol–water partition coefficient (Wildman–Crippen LogP) is 2.33. The first kappa shape index (κ1) is 14.2. The van der Waals surface area contributed by atoms with E-state index in [1.165, 1.54) is 18.5 Å². The van der Waals surface area contributed by atoms with E-state index in [-0.39, 0.29) is 6.04 Å². The first-order valence-corrected chi connectivity index (χ1v) is 6.87. The summed E-state index contributed by atoms with van der Waals surface area (Å²) in [6.45, 7) is 3.63. The van der Waals surface area contributed by atoms with Crippen molar-refractivity contribution in [1.29, 1.82) is 0 Å². The van der Waals surface area contributed by atoms with Crippen molar-refractivity contribution in [2.24, 2.45) is 5.73 Å². The van der Waals surface area contributed by atoms with Crippen LogP contribution in [0.2, 0.25) is 0 Å². The number of nitrogens with zero attached hydrogens (tertiary/aromatic N) is 1. The molecule has 1 atom stereocenters. The van der Waals surface area contributed by atoms with Gasteiger partial charge in [-0.3, -0.25) is 0 Å². The van der Waals surface area contributed by atoms with E-state index in [1.807, 2.05) is 19.1 Å². The van der Waals surface area contributed by atoms with E-state index in [0.717, 1.165) is 24.5 Å². The van der Waals surface area contributed by atoms with Crippen LogP contribution in [0.15, 0.2) is 18.2 Å². The van der Waals surface area contributed by atoms with E-state index < -0.39 is 0 Å². The van der Waals surface area contributed by atoms with Crippen molar-refractivity contribution in [3.63, 3.8) is 0 Å². The van der Waals surface area contributed by atoms with Crippen LogP contribution in [0.5, 0.6) is 5.75 Å². The molecule has 0 spiro atoms. The van der Waals surface area contributed by atoms with Crippen LogP contribution in [0.25, 0.3) is 0 Å². The zero-order valence-corrected chi connectivity index (χ0v) is 12.1. The summed E-state index contributed by atoms with van der Waals surface area (Å²) >= 11 is 0. The standard InChI is InChI=1S/C15H24N2O2/c1-11(16)15-13(5-4-6-14(15)19-3)17(9-10-18-2)12-7-8-12/h4-6,11-12H,7-10,16H2,1-3H3/t11-/m0/s1. The first-order valence-electron chi connectivity index (χ1n) is 6.87. The number of nitrogens with two attached hydrogens (primary N) is 1. The maximum absolute atomic E-state index is 6.14. The molecule has 1 aliphatic carbocycles. The van der Waals surface area contributed by atoms with E-state index in [4.69, 9.17) is 15.2 Å². The molecule has 0 saturated heterocycles. The number of anilines is 1. The zero-order chi connectivity index (χ0) is 13.8.